The number of amides is 2. The molecule has 0 fully saturated rings. The van der Waals surface area contributed by atoms with Crippen LogP contribution in [0.2, 0.25) is 15.1 Å². The summed E-state index contributed by atoms with van der Waals surface area (Å²) in [6.07, 6.45) is 4.79. The zero-order valence-corrected chi connectivity index (χ0v) is 16.5. The van der Waals surface area contributed by atoms with Gasteiger partial charge in [0.15, 0.2) is 0 Å². The van der Waals surface area contributed by atoms with E-state index in [4.69, 9.17) is 34.8 Å². The first kappa shape index (κ1) is 19.7. The molecule has 1 aliphatic rings. The fourth-order valence-electron chi connectivity index (χ4n) is 2.99. The van der Waals surface area contributed by atoms with Gasteiger partial charge in [-0.15, -0.1) is 0 Å². The Morgan fingerprint density at radius 1 is 0.778 bits per heavy atom. The van der Waals surface area contributed by atoms with Crippen molar-refractivity contribution in [1.82, 2.24) is 0 Å². The maximum absolute atomic E-state index is 12.8. The summed E-state index contributed by atoms with van der Waals surface area (Å²) in [5.74, 6) is -1.46. The van der Waals surface area contributed by atoms with Gasteiger partial charge in [0, 0.05) is 5.69 Å². The van der Waals surface area contributed by atoms with Crippen LogP contribution in [0.15, 0.2) is 54.6 Å². The number of carbonyl (C=O) groups excluding carboxylic acids is 2. The van der Waals surface area contributed by atoms with E-state index in [0.717, 1.165) is 0 Å². The average molecular weight is 424 g/mol. The number of para-hydroxylation sites is 1. The van der Waals surface area contributed by atoms with Crippen LogP contribution in [0.4, 0.5) is 11.4 Å². The maximum atomic E-state index is 12.8. The van der Waals surface area contributed by atoms with Crippen molar-refractivity contribution in [2.45, 2.75) is 12.8 Å². The summed E-state index contributed by atoms with van der Waals surface area (Å²) in [5.41, 5.74) is 1.07. The maximum Gasteiger partial charge on any atom is 0.228 e. The Labute approximate surface area is 172 Å². The second-order valence-electron chi connectivity index (χ2n) is 6.24. The van der Waals surface area contributed by atoms with Gasteiger partial charge < -0.3 is 10.6 Å². The Balaban J connectivity index is 1.73. The van der Waals surface area contributed by atoms with Crippen molar-refractivity contribution in [2.75, 3.05) is 10.6 Å². The predicted molar refractivity (Wildman–Crippen MR) is 111 cm³/mol. The monoisotopic (exact) mass is 422 g/mol. The standard InChI is InChI=1S/C20H17Cl3N2O2/c21-15-10-9-12(11-17(15)23)24-19(26)13-5-1-2-6-14(13)20(27)25-18-8-4-3-7-16(18)22/h1-4,7-11,13-14H,5-6H2,(H,24,26)(H,25,27). The van der Waals surface area contributed by atoms with Crippen LogP contribution in [0, 0.1) is 11.8 Å². The number of benzene rings is 2. The number of allylic oxidation sites excluding steroid dienone is 2. The lowest BCUT2D eigenvalue weighted by atomic mass is 9.81. The van der Waals surface area contributed by atoms with Crippen LogP contribution in [-0.2, 0) is 9.59 Å². The Morgan fingerprint density at radius 3 is 2.04 bits per heavy atom. The van der Waals surface area contributed by atoms with Gasteiger partial charge in [0.25, 0.3) is 0 Å². The molecule has 0 bridgehead atoms. The number of carbonyl (C=O) groups is 2. The second kappa shape index (κ2) is 8.79. The highest BCUT2D eigenvalue weighted by Gasteiger charge is 2.34. The van der Waals surface area contributed by atoms with Crippen LogP contribution >= 0.6 is 34.8 Å². The Hall–Kier alpha value is -2.01. The second-order valence-corrected chi connectivity index (χ2v) is 7.46. The van der Waals surface area contributed by atoms with Gasteiger partial charge in [-0.2, -0.15) is 0 Å². The average Bonchev–Trinajstić information content (AvgIpc) is 2.66. The van der Waals surface area contributed by atoms with Crippen molar-refractivity contribution in [2.24, 2.45) is 11.8 Å². The van der Waals surface area contributed by atoms with Gasteiger partial charge in [-0.25, -0.2) is 0 Å². The van der Waals surface area contributed by atoms with Crippen LogP contribution < -0.4 is 10.6 Å². The number of halogens is 3. The number of hydrogen-bond acceptors (Lipinski definition) is 2. The smallest absolute Gasteiger partial charge is 0.228 e. The Bertz CT molecular complexity index is 899. The van der Waals surface area contributed by atoms with Crippen LogP contribution in [0.1, 0.15) is 12.8 Å². The van der Waals surface area contributed by atoms with Crippen LogP contribution in [0.3, 0.4) is 0 Å². The van der Waals surface area contributed by atoms with Crippen molar-refractivity contribution in [3.8, 4) is 0 Å². The predicted octanol–water partition coefficient (Wildman–Crippen LogP) is 5.81. The molecule has 27 heavy (non-hydrogen) atoms. The highest BCUT2D eigenvalue weighted by Crippen LogP contribution is 2.31. The quantitative estimate of drug-likeness (QED) is 0.610. The van der Waals surface area contributed by atoms with E-state index in [0.29, 0.717) is 39.3 Å². The van der Waals surface area contributed by atoms with E-state index in [1.54, 1.807) is 42.5 Å². The van der Waals surface area contributed by atoms with Gasteiger partial charge in [-0.1, -0.05) is 59.1 Å². The molecule has 0 saturated carbocycles. The SMILES string of the molecule is O=C(Nc1ccc(Cl)c(Cl)c1)C1CC=CCC1C(=O)Nc1ccccc1Cl. The minimum absolute atomic E-state index is 0.235. The first-order chi connectivity index (χ1) is 13.0. The lowest BCUT2D eigenvalue weighted by Gasteiger charge is -2.27. The van der Waals surface area contributed by atoms with Gasteiger partial charge in [0.1, 0.15) is 0 Å². The normalized spacial score (nSPS) is 18.8. The summed E-state index contributed by atoms with van der Waals surface area (Å²) in [5, 5.41) is 6.85. The molecule has 2 amide bonds. The third kappa shape index (κ3) is 4.83. The van der Waals surface area contributed by atoms with E-state index in [1.807, 2.05) is 12.2 Å². The minimum atomic E-state index is -0.494. The third-order valence-electron chi connectivity index (χ3n) is 4.42. The summed E-state index contributed by atoms with van der Waals surface area (Å²) < 4.78 is 0. The van der Waals surface area contributed by atoms with Crippen molar-refractivity contribution < 1.29 is 9.59 Å². The van der Waals surface area contributed by atoms with E-state index in [-0.39, 0.29) is 11.8 Å². The van der Waals surface area contributed by atoms with Crippen LogP contribution in [0.5, 0.6) is 0 Å². The number of hydrogen-bond donors (Lipinski definition) is 2. The molecule has 0 radical (unpaired) electrons. The lowest BCUT2D eigenvalue weighted by molar-refractivity contribution is -0.129. The van der Waals surface area contributed by atoms with E-state index < -0.39 is 11.8 Å². The molecule has 0 saturated heterocycles. The largest absolute Gasteiger partial charge is 0.326 e. The van der Waals surface area contributed by atoms with E-state index in [2.05, 4.69) is 10.6 Å². The summed E-state index contributed by atoms with van der Waals surface area (Å²) in [4.78, 5) is 25.5. The van der Waals surface area contributed by atoms with Gasteiger partial charge in [0.05, 0.1) is 32.6 Å². The minimum Gasteiger partial charge on any atom is -0.326 e. The topological polar surface area (TPSA) is 58.2 Å². The van der Waals surface area contributed by atoms with Crippen LogP contribution in [0.25, 0.3) is 0 Å². The fourth-order valence-corrected chi connectivity index (χ4v) is 3.47. The highest BCUT2D eigenvalue weighted by molar-refractivity contribution is 6.42. The zero-order valence-electron chi connectivity index (χ0n) is 14.2. The molecule has 0 heterocycles. The summed E-state index contributed by atoms with van der Waals surface area (Å²) in [7, 11) is 0. The molecule has 140 valence electrons. The molecule has 3 rings (SSSR count). The Morgan fingerprint density at radius 2 is 1.41 bits per heavy atom. The zero-order chi connectivity index (χ0) is 19.4. The molecular formula is C20H17Cl3N2O2. The number of anilines is 2. The lowest BCUT2D eigenvalue weighted by Crippen LogP contribution is -2.37. The van der Waals surface area contributed by atoms with Crippen molar-refractivity contribution in [1.29, 1.82) is 0 Å². The van der Waals surface area contributed by atoms with E-state index >= 15 is 0 Å². The van der Waals surface area contributed by atoms with Gasteiger partial charge >= 0.3 is 0 Å². The first-order valence-corrected chi connectivity index (χ1v) is 9.55. The molecule has 2 aromatic carbocycles. The van der Waals surface area contributed by atoms with Crippen LogP contribution in [-0.4, -0.2) is 11.8 Å². The Kier molecular flexibility index (Phi) is 6.42. The molecule has 2 N–H and O–H groups in total. The fraction of sp³-hybridized carbons (Fsp3) is 0.200. The molecule has 0 aliphatic heterocycles. The van der Waals surface area contributed by atoms with Crippen molar-refractivity contribution in [3.05, 3.63) is 69.7 Å². The summed E-state index contributed by atoms with van der Waals surface area (Å²) in [6.45, 7) is 0. The van der Waals surface area contributed by atoms with Crippen molar-refractivity contribution in [3.63, 3.8) is 0 Å². The molecule has 2 atom stereocenters. The number of nitrogens with one attached hydrogen (secondary N) is 2. The van der Waals surface area contributed by atoms with E-state index in [9.17, 15) is 9.59 Å². The molecule has 0 aromatic heterocycles. The summed E-state index contributed by atoms with van der Waals surface area (Å²) >= 11 is 18.0. The third-order valence-corrected chi connectivity index (χ3v) is 5.49. The first-order valence-electron chi connectivity index (χ1n) is 8.42. The molecule has 4 nitrogen and oxygen atoms in total. The summed E-state index contributed by atoms with van der Waals surface area (Å²) in [6, 6.07) is 11.9. The van der Waals surface area contributed by atoms with Gasteiger partial charge in [-0.3, -0.25) is 9.59 Å². The molecule has 1 aliphatic carbocycles. The van der Waals surface area contributed by atoms with E-state index in [1.165, 1.54) is 0 Å². The molecule has 7 heteroatoms. The molecule has 2 unspecified atom stereocenters. The van der Waals surface area contributed by atoms with Crippen molar-refractivity contribution >= 4 is 58.0 Å². The molecule has 0 spiro atoms. The van der Waals surface area contributed by atoms with Gasteiger partial charge in [-0.05, 0) is 43.2 Å². The highest BCUT2D eigenvalue weighted by atomic mass is 35.5. The molecule has 2 aromatic rings. The number of rotatable bonds is 4. The molecular weight excluding hydrogens is 407 g/mol. The van der Waals surface area contributed by atoms with Gasteiger partial charge in [0.2, 0.25) is 11.8 Å².